The van der Waals surface area contributed by atoms with Gasteiger partial charge in [-0.2, -0.15) is 0 Å². The van der Waals surface area contributed by atoms with Crippen LogP contribution in [0.3, 0.4) is 0 Å². The highest BCUT2D eigenvalue weighted by atomic mass is 16.5. The van der Waals surface area contributed by atoms with Gasteiger partial charge in [0.2, 0.25) is 0 Å². The van der Waals surface area contributed by atoms with Crippen molar-refractivity contribution in [1.29, 1.82) is 0 Å². The number of ether oxygens (including phenoxy) is 6. The zero-order chi connectivity index (χ0) is 34.0. The maximum Gasteiger partial charge on any atom is 0.187 e. The summed E-state index contributed by atoms with van der Waals surface area (Å²) in [6.45, 7) is 13.1. The zero-order valence-electron chi connectivity index (χ0n) is 27.3. The molecule has 0 aliphatic rings. The number of aliphatic hydroxyl groups excluding tert-OH is 2. The van der Waals surface area contributed by atoms with Crippen molar-refractivity contribution in [3.63, 3.8) is 0 Å². The SMILES string of the molecule is C=C/C=C/NCOCCOCCC(O)/C=C\C=C\NCOCCOCCC(O)/C=C\C=C\NCOCCOCCC(O)(O)C(=C)C. The zero-order valence-corrected chi connectivity index (χ0v) is 27.3. The predicted octanol–water partition coefficient (Wildman–Crippen LogP) is 1.72. The van der Waals surface area contributed by atoms with E-state index in [0.717, 1.165) is 0 Å². The fourth-order valence-electron chi connectivity index (χ4n) is 2.99. The smallest absolute Gasteiger partial charge is 0.187 e. The molecule has 0 radical (unpaired) electrons. The Bertz CT molecular complexity index is 878. The third kappa shape index (κ3) is 31.2. The van der Waals surface area contributed by atoms with Crippen LogP contribution in [-0.2, 0) is 28.4 Å². The summed E-state index contributed by atoms with van der Waals surface area (Å²) < 4.78 is 32.3. The van der Waals surface area contributed by atoms with Crippen LogP contribution in [0, 0.1) is 0 Å². The molecule has 2 unspecified atom stereocenters. The van der Waals surface area contributed by atoms with Crippen LogP contribution >= 0.6 is 0 Å². The molecule has 13 nitrogen and oxygen atoms in total. The van der Waals surface area contributed by atoms with Crippen molar-refractivity contribution in [1.82, 2.24) is 16.0 Å². The molecule has 0 rings (SSSR count). The molecule has 46 heavy (non-hydrogen) atoms. The van der Waals surface area contributed by atoms with Gasteiger partial charge in [0, 0.05) is 32.5 Å². The molecule has 0 saturated heterocycles. The second-order valence-corrected chi connectivity index (χ2v) is 9.75. The highest BCUT2D eigenvalue weighted by Gasteiger charge is 2.23. The van der Waals surface area contributed by atoms with E-state index in [1.165, 1.54) is 0 Å². The largest absolute Gasteiger partial charge is 0.389 e. The van der Waals surface area contributed by atoms with Crippen LogP contribution in [0.5, 0.6) is 0 Å². The Kier molecular flexibility index (Phi) is 30.2. The van der Waals surface area contributed by atoms with Crippen LogP contribution in [0.1, 0.15) is 26.2 Å². The van der Waals surface area contributed by atoms with Crippen molar-refractivity contribution in [2.24, 2.45) is 0 Å². The van der Waals surface area contributed by atoms with E-state index in [1.54, 1.807) is 74.1 Å². The summed E-state index contributed by atoms with van der Waals surface area (Å²) in [5, 5.41) is 48.0. The lowest BCUT2D eigenvalue weighted by Gasteiger charge is -2.21. The van der Waals surface area contributed by atoms with Crippen molar-refractivity contribution in [3.05, 3.63) is 85.9 Å². The molecule has 0 saturated carbocycles. The molecule has 13 heteroatoms. The fourth-order valence-corrected chi connectivity index (χ4v) is 2.99. The van der Waals surface area contributed by atoms with E-state index in [9.17, 15) is 20.4 Å². The summed E-state index contributed by atoms with van der Waals surface area (Å²) in [5.74, 6) is -1.91. The lowest BCUT2D eigenvalue weighted by molar-refractivity contribution is -0.143. The standard InChI is InChI=1S/C33H57N3O10/c1-4-5-15-34-27-44-24-21-41-18-12-31(37)10-6-8-16-35-28-45-25-22-42-19-13-32(38)11-7-9-17-36-29-46-26-23-43-20-14-33(39,40)30(2)3/h4-11,15-17,31-32,34-40H,1-2,12-14,18-29H2,3H3/b10-6-,11-7-,15-5+,16-8+,17-9+. The minimum absolute atomic E-state index is 0.0522. The molecule has 0 bridgehead atoms. The van der Waals surface area contributed by atoms with Gasteiger partial charge in [-0.25, -0.2) is 0 Å². The molecular formula is C33H57N3O10. The molecule has 0 amide bonds. The molecule has 0 spiro atoms. The van der Waals surface area contributed by atoms with Crippen LogP contribution in [0.15, 0.2) is 85.9 Å². The van der Waals surface area contributed by atoms with Gasteiger partial charge in [-0.05, 0) is 49.3 Å². The van der Waals surface area contributed by atoms with Gasteiger partial charge in [0.05, 0.1) is 58.5 Å². The molecule has 264 valence electrons. The average Bonchev–Trinajstić information content (AvgIpc) is 3.02. The van der Waals surface area contributed by atoms with E-state index < -0.39 is 18.0 Å². The number of allylic oxidation sites excluding steroid dienone is 6. The van der Waals surface area contributed by atoms with Gasteiger partial charge >= 0.3 is 0 Å². The van der Waals surface area contributed by atoms with E-state index in [0.29, 0.717) is 79.2 Å². The van der Waals surface area contributed by atoms with Crippen LogP contribution in [0.4, 0.5) is 0 Å². The van der Waals surface area contributed by atoms with Crippen LogP contribution in [0.2, 0.25) is 0 Å². The molecule has 0 fully saturated rings. The Morgan fingerprint density at radius 2 is 1.00 bits per heavy atom. The maximum absolute atomic E-state index is 9.98. The van der Waals surface area contributed by atoms with Crippen LogP contribution in [0.25, 0.3) is 0 Å². The van der Waals surface area contributed by atoms with E-state index in [4.69, 9.17) is 28.4 Å². The van der Waals surface area contributed by atoms with Gasteiger partial charge in [-0.3, -0.25) is 0 Å². The number of nitrogens with one attached hydrogen (secondary N) is 3. The van der Waals surface area contributed by atoms with Gasteiger partial charge in [-0.15, -0.1) is 0 Å². The minimum Gasteiger partial charge on any atom is -0.389 e. The monoisotopic (exact) mass is 655 g/mol. The van der Waals surface area contributed by atoms with Gasteiger partial charge in [0.15, 0.2) is 5.79 Å². The summed E-state index contributed by atoms with van der Waals surface area (Å²) in [4.78, 5) is 0. The van der Waals surface area contributed by atoms with E-state index >= 15 is 0 Å². The molecule has 0 aromatic heterocycles. The lowest BCUT2D eigenvalue weighted by Crippen LogP contribution is -2.30. The number of rotatable bonds is 33. The van der Waals surface area contributed by atoms with Crippen molar-refractivity contribution in [3.8, 4) is 0 Å². The average molecular weight is 656 g/mol. The Hall–Kier alpha value is -2.82. The minimum atomic E-state index is -1.91. The van der Waals surface area contributed by atoms with Crippen molar-refractivity contribution >= 4 is 0 Å². The lowest BCUT2D eigenvalue weighted by atomic mass is 10.1. The first-order valence-electron chi connectivity index (χ1n) is 15.4. The third-order valence-corrected chi connectivity index (χ3v) is 5.73. The first-order chi connectivity index (χ1) is 22.3. The number of aliphatic hydroxyl groups is 4. The number of hydrogen-bond acceptors (Lipinski definition) is 13. The molecule has 0 heterocycles. The Morgan fingerprint density at radius 1 is 0.609 bits per heavy atom. The molecule has 0 aromatic rings. The Balaban J connectivity index is 3.52. The summed E-state index contributed by atoms with van der Waals surface area (Å²) in [6.07, 6.45) is 18.8. The Labute approximate surface area is 274 Å². The maximum atomic E-state index is 9.98. The first-order valence-corrected chi connectivity index (χ1v) is 15.4. The summed E-state index contributed by atoms with van der Waals surface area (Å²) in [7, 11) is 0. The summed E-state index contributed by atoms with van der Waals surface area (Å²) in [6, 6.07) is 0. The number of hydrogen-bond donors (Lipinski definition) is 7. The summed E-state index contributed by atoms with van der Waals surface area (Å²) >= 11 is 0. The molecule has 7 N–H and O–H groups in total. The van der Waals surface area contributed by atoms with E-state index in [-0.39, 0.29) is 25.3 Å². The van der Waals surface area contributed by atoms with Gasteiger partial charge in [0.1, 0.15) is 20.2 Å². The highest BCUT2D eigenvalue weighted by Crippen LogP contribution is 2.14. The van der Waals surface area contributed by atoms with Crippen LogP contribution in [-0.4, -0.2) is 118 Å². The van der Waals surface area contributed by atoms with E-state index in [1.807, 2.05) is 0 Å². The normalized spacial score (nSPS) is 13.8. The topological polar surface area (TPSA) is 172 Å². The third-order valence-electron chi connectivity index (χ3n) is 5.73. The van der Waals surface area contributed by atoms with E-state index in [2.05, 4.69) is 29.1 Å². The van der Waals surface area contributed by atoms with Crippen molar-refractivity contribution in [2.45, 2.75) is 44.2 Å². The first kappa shape index (κ1) is 43.2. The highest BCUT2D eigenvalue weighted by molar-refractivity contribution is 5.05. The van der Waals surface area contributed by atoms with Crippen molar-refractivity contribution in [2.75, 3.05) is 79.7 Å². The molecule has 0 aliphatic carbocycles. The molecule has 0 aromatic carbocycles. The fraction of sp³-hybridized carbons (Fsp3) is 0.576. The molecular weight excluding hydrogens is 598 g/mol. The Morgan fingerprint density at radius 3 is 1.41 bits per heavy atom. The van der Waals surface area contributed by atoms with Crippen LogP contribution < -0.4 is 16.0 Å². The second kappa shape index (κ2) is 32.1. The predicted molar refractivity (Wildman–Crippen MR) is 178 cm³/mol. The molecule has 2 atom stereocenters. The second-order valence-electron chi connectivity index (χ2n) is 9.75. The van der Waals surface area contributed by atoms with Gasteiger partial charge in [-0.1, -0.05) is 43.5 Å². The van der Waals surface area contributed by atoms with Gasteiger partial charge in [0.25, 0.3) is 0 Å². The molecule has 0 aliphatic heterocycles. The summed E-state index contributed by atoms with van der Waals surface area (Å²) in [5.41, 5.74) is 0.275. The van der Waals surface area contributed by atoms with Crippen molar-refractivity contribution < 1.29 is 48.8 Å². The van der Waals surface area contributed by atoms with Gasteiger partial charge < -0.3 is 64.8 Å². The quantitative estimate of drug-likeness (QED) is 0.0236.